The number of fused-ring (bicyclic) bond motifs is 1. The molecule has 1 heterocycles. The van der Waals surface area contributed by atoms with Crippen molar-refractivity contribution in [1.29, 1.82) is 0 Å². The highest BCUT2D eigenvalue weighted by Crippen LogP contribution is 2.53. The van der Waals surface area contributed by atoms with Gasteiger partial charge in [0, 0.05) is 17.8 Å². The highest BCUT2D eigenvalue weighted by atomic mass is 28.3. The summed E-state index contributed by atoms with van der Waals surface area (Å²) in [5.41, 5.74) is 1.50. The summed E-state index contributed by atoms with van der Waals surface area (Å²) in [6.45, 7) is 28.3. The summed E-state index contributed by atoms with van der Waals surface area (Å²) in [6, 6.07) is 7.93. The van der Waals surface area contributed by atoms with Gasteiger partial charge in [0.15, 0.2) is 24.2 Å². The first kappa shape index (κ1) is 41.5. The third kappa shape index (κ3) is 9.87. The van der Waals surface area contributed by atoms with E-state index in [0.717, 1.165) is 24.2 Å². The van der Waals surface area contributed by atoms with E-state index in [-0.39, 0.29) is 52.5 Å². The van der Waals surface area contributed by atoms with E-state index in [9.17, 15) is 9.59 Å². The molecule has 4 rings (SSSR count). The van der Waals surface area contributed by atoms with Gasteiger partial charge in [-0.25, -0.2) is 9.59 Å². The van der Waals surface area contributed by atoms with Crippen molar-refractivity contribution in [1.82, 2.24) is 0 Å². The highest BCUT2D eigenvalue weighted by molar-refractivity contribution is 6.49. The lowest BCUT2D eigenvalue weighted by molar-refractivity contribution is -0.180. The van der Waals surface area contributed by atoms with Gasteiger partial charge in [-0.05, 0) is 98.7 Å². The number of cyclic esters (lactones) is 1. The number of para-hydroxylation sites is 1. The summed E-state index contributed by atoms with van der Waals surface area (Å²) in [7, 11) is -3.07. The van der Waals surface area contributed by atoms with Crippen molar-refractivity contribution in [2.24, 2.45) is 34.5 Å². The van der Waals surface area contributed by atoms with Gasteiger partial charge in [-0.2, -0.15) is 0 Å². The fourth-order valence-electron chi connectivity index (χ4n) is 8.50. The largest absolute Gasteiger partial charge is 0.478 e. The Labute approximate surface area is 312 Å². The van der Waals surface area contributed by atoms with E-state index in [4.69, 9.17) is 23.1 Å². The molecule has 1 aliphatic heterocycles. The van der Waals surface area contributed by atoms with Gasteiger partial charge in [-0.3, -0.25) is 0 Å². The average molecular weight is 741 g/mol. The Morgan fingerprint density at radius 1 is 1.00 bits per heavy atom. The monoisotopic (exact) mass is 740 g/mol. The number of hydrogen-bond donors (Lipinski definition) is 0. The molecular formula is C42H68O7Si2. The third-order valence-electron chi connectivity index (χ3n) is 11.4. The van der Waals surface area contributed by atoms with Crippen molar-refractivity contribution in [3.05, 3.63) is 53.6 Å². The molecule has 2 aliphatic carbocycles. The Bertz CT molecular complexity index is 1410. The minimum atomic E-state index is -1.61. The standard InChI is InChI=1S/C42H68O7Si2/c1-14-28-18-16-17-19-34(28)46-33(15-2)38(43)47-35-25-30(40(4,5)6)24-29-21-20-27(3)42(36(29)35,49-51(12)13)23-22-31-26-32(41(7,8)9)37(39(44)45-31)48-50(10)11/h16-21,24,27,30-33,35-37,50-51H,14-15,22-23,25-26H2,1-13H3/t27-,30+,31+,32-,33?,35-,36+,37?,42-/m0/s1. The summed E-state index contributed by atoms with van der Waals surface area (Å²) >= 11 is 0. The molecule has 2 unspecified atom stereocenters. The van der Waals surface area contributed by atoms with Crippen LogP contribution in [0.5, 0.6) is 5.75 Å². The zero-order chi connectivity index (χ0) is 37.9. The average Bonchev–Trinajstić information content (AvgIpc) is 3.03. The smallest absolute Gasteiger partial charge is 0.347 e. The highest BCUT2D eigenvalue weighted by Gasteiger charge is 2.55. The molecule has 0 amide bonds. The number of hydrogen-bond acceptors (Lipinski definition) is 7. The summed E-state index contributed by atoms with van der Waals surface area (Å²) in [5.74, 6) is 0.364. The van der Waals surface area contributed by atoms with Crippen LogP contribution in [-0.4, -0.2) is 60.0 Å². The van der Waals surface area contributed by atoms with Crippen molar-refractivity contribution in [3.63, 3.8) is 0 Å². The molecule has 0 aromatic heterocycles. The van der Waals surface area contributed by atoms with Crippen LogP contribution in [-0.2, 0) is 34.3 Å². The van der Waals surface area contributed by atoms with Crippen LogP contribution < -0.4 is 4.74 Å². The van der Waals surface area contributed by atoms with Gasteiger partial charge in [-0.1, -0.05) is 98.7 Å². The van der Waals surface area contributed by atoms with Gasteiger partial charge in [0.1, 0.15) is 24.1 Å². The number of ether oxygens (including phenoxy) is 3. The van der Waals surface area contributed by atoms with E-state index < -0.39 is 42.0 Å². The molecule has 0 radical (unpaired) electrons. The lowest BCUT2D eigenvalue weighted by Crippen LogP contribution is -2.58. The zero-order valence-corrected chi connectivity index (χ0v) is 36.2. The first-order valence-corrected chi connectivity index (χ1v) is 25.3. The van der Waals surface area contributed by atoms with E-state index >= 15 is 0 Å². The second kappa shape index (κ2) is 16.9. The topological polar surface area (TPSA) is 80.3 Å². The summed E-state index contributed by atoms with van der Waals surface area (Å²) in [4.78, 5) is 27.7. The Morgan fingerprint density at radius 3 is 2.27 bits per heavy atom. The summed E-state index contributed by atoms with van der Waals surface area (Å²) < 4.78 is 32.8. The summed E-state index contributed by atoms with van der Waals surface area (Å²) in [5, 5.41) is 0. The summed E-state index contributed by atoms with van der Waals surface area (Å²) in [6.07, 6.45) is 9.23. The molecule has 0 spiro atoms. The van der Waals surface area contributed by atoms with Gasteiger partial charge >= 0.3 is 11.9 Å². The van der Waals surface area contributed by atoms with Crippen LogP contribution in [0.15, 0.2) is 48.1 Å². The molecule has 1 saturated heterocycles. The molecule has 1 aromatic rings. The van der Waals surface area contributed by atoms with E-state index in [2.05, 4.69) is 99.8 Å². The maximum atomic E-state index is 14.2. The quantitative estimate of drug-likeness (QED) is 0.148. The molecule has 0 N–H and O–H groups in total. The van der Waals surface area contributed by atoms with Crippen molar-refractivity contribution in [2.45, 2.75) is 157 Å². The normalized spacial score (nSPS) is 30.5. The maximum absolute atomic E-state index is 14.2. The second-order valence-corrected chi connectivity index (χ2v) is 22.7. The van der Waals surface area contributed by atoms with Gasteiger partial charge in [-0.15, -0.1) is 0 Å². The van der Waals surface area contributed by atoms with Crippen LogP contribution in [0.4, 0.5) is 0 Å². The van der Waals surface area contributed by atoms with Crippen LogP contribution in [0.3, 0.4) is 0 Å². The van der Waals surface area contributed by atoms with Crippen molar-refractivity contribution >= 4 is 30.0 Å². The van der Waals surface area contributed by atoms with E-state index in [0.29, 0.717) is 25.7 Å². The number of aryl methyl sites for hydroxylation is 1. The van der Waals surface area contributed by atoms with Crippen LogP contribution in [0.2, 0.25) is 26.2 Å². The minimum absolute atomic E-state index is 0.0215. The molecule has 0 bridgehead atoms. The molecule has 1 aromatic carbocycles. The Balaban J connectivity index is 1.69. The first-order valence-electron chi connectivity index (χ1n) is 19.7. The molecule has 0 saturated carbocycles. The van der Waals surface area contributed by atoms with Gasteiger partial charge in [0.05, 0.1) is 5.60 Å². The Hall–Kier alpha value is -2.21. The molecule has 7 nitrogen and oxygen atoms in total. The fourth-order valence-corrected chi connectivity index (χ4v) is 10.7. The number of carbonyl (C=O) groups is 2. The lowest BCUT2D eigenvalue weighted by atomic mass is 9.59. The predicted molar refractivity (Wildman–Crippen MR) is 211 cm³/mol. The van der Waals surface area contributed by atoms with Gasteiger partial charge in [0.2, 0.25) is 0 Å². The number of esters is 2. The number of carbonyl (C=O) groups excluding carboxylic acids is 2. The Morgan fingerprint density at radius 2 is 1.69 bits per heavy atom. The number of benzene rings is 1. The molecule has 3 aliphatic rings. The van der Waals surface area contributed by atoms with Crippen LogP contribution in [0, 0.1) is 34.5 Å². The predicted octanol–water partition coefficient (Wildman–Crippen LogP) is 9.00. The Kier molecular flexibility index (Phi) is 13.7. The van der Waals surface area contributed by atoms with Gasteiger partial charge in [0.25, 0.3) is 0 Å². The van der Waals surface area contributed by atoms with Gasteiger partial charge < -0.3 is 23.1 Å². The lowest BCUT2D eigenvalue weighted by Gasteiger charge is -2.54. The maximum Gasteiger partial charge on any atom is 0.347 e. The van der Waals surface area contributed by atoms with Crippen LogP contribution in [0.1, 0.15) is 100.0 Å². The second-order valence-electron chi connectivity index (χ2n) is 18.0. The van der Waals surface area contributed by atoms with E-state index in [1.165, 1.54) is 5.57 Å². The van der Waals surface area contributed by atoms with E-state index in [1.807, 2.05) is 31.2 Å². The fraction of sp³-hybridized carbons (Fsp3) is 0.714. The molecule has 286 valence electrons. The first-order chi connectivity index (χ1) is 23.8. The molecule has 9 heteroatoms. The van der Waals surface area contributed by atoms with Crippen molar-refractivity contribution in [3.8, 4) is 5.75 Å². The third-order valence-corrected chi connectivity index (χ3v) is 13.1. The zero-order valence-electron chi connectivity index (χ0n) is 33.9. The molecule has 51 heavy (non-hydrogen) atoms. The number of allylic oxidation sites excluding steroid dienone is 2. The molecular weight excluding hydrogens is 673 g/mol. The van der Waals surface area contributed by atoms with E-state index in [1.54, 1.807) is 0 Å². The minimum Gasteiger partial charge on any atom is -0.478 e. The molecule has 1 fully saturated rings. The molecule has 9 atom stereocenters. The van der Waals surface area contributed by atoms with Crippen LogP contribution in [0.25, 0.3) is 0 Å². The number of rotatable bonds is 13. The SMILES string of the molecule is CCc1ccccc1OC(CC)C(=O)O[C@H]1C[C@H](C(C)(C)C)C=C2C=C[C@H](C)[C@](CC[C@@H]3C[C@H](C(C)(C)C)C(O[SiH](C)C)C(=O)O3)(O[SiH](C)C)[C@H]21. The van der Waals surface area contributed by atoms with Crippen molar-refractivity contribution < 1.29 is 32.7 Å². The van der Waals surface area contributed by atoms with Crippen LogP contribution >= 0.6 is 0 Å². The van der Waals surface area contributed by atoms with Crippen molar-refractivity contribution in [2.75, 3.05) is 0 Å².